The van der Waals surface area contributed by atoms with Crippen molar-refractivity contribution in [2.24, 2.45) is 7.05 Å². The molecule has 0 saturated heterocycles. The minimum absolute atomic E-state index is 0.0184. The fraction of sp³-hybridized carbons (Fsp3) is 0.333. The molecule has 0 bridgehead atoms. The predicted octanol–water partition coefficient (Wildman–Crippen LogP) is 2.81. The van der Waals surface area contributed by atoms with E-state index < -0.39 is 0 Å². The molecule has 2 aromatic rings. The van der Waals surface area contributed by atoms with Gasteiger partial charge < -0.3 is 9.30 Å². The molecule has 0 aliphatic rings. The van der Waals surface area contributed by atoms with E-state index >= 15 is 0 Å². The van der Waals surface area contributed by atoms with Gasteiger partial charge in [0, 0.05) is 12.7 Å². The molecule has 106 valence electrons. The standard InChI is InChI=1S/C15H17NO3S/c1-3-19-14(17)9-7-11-6-8-12(16(11)2)15(18)13-5-4-10-20-13/h4-6,8,10H,3,7,9H2,1-2H3. The number of esters is 1. The van der Waals surface area contributed by atoms with Gasteiger partial charge in [0.25, 0.3) is 0 Å². The first-order valence-electron chi connectivity index (χ1n) is 6.52. The fourth-order valence-corrected chi connectivity index (χ4v) is 2.70. The van der Waals surface area contributed by atoms with E-state index in [-0.39, 0.29) is 11.8 Å². The average Bonchev–Trinajstić information content (AvgIpc) is 3.06. The number of hydrogen-bond donors (Lipinski definition) is 0. The van der Waals surface area contributed by atoms with Crippen molar-refractivity contribution in [2.75, 3.05) is 6.61 Å². The maximum Gasteiger partial charge on any atom is 0.306 e. The first-order chi connectivity index (χ1) is 9.63. The zero-order valence-corrected chi connectivity index (χ0v) is 12.4. The van der Waals surface area contributed by atoms with Gasteiger partial charge in [-0.25, -0.2) is 0 Å². The summed E-state index contributed by atoms with van der Waals surface area (Å²) in [5.41, 5.74) is 1.60. The van der Waals surface area contributed by atoms with Crippen LogP contribution in [0.1, 0.15) is 34.4 Å². The Balaban J connectivity index is 2.07. The van der Waals surface area contributed by atoms with Gasteiger partial charge in [-0.2, -0.15) is 0 Å². The summed E-state index contributed by atoms with van der Waals surface area (Å²) >= 11 is 1.43. The Morgan fingerprint density at radius 1 is 1.30 bits per heavy atom. The van der Waals surface area contributed by atoms with Crippen molar-refractivity contribution < 1.29 is 14.3 Å². The molecule has 2 aromatic heterocycles. The van der Waals surface area contributed by atoms with Gasteiger partial charge >= 0.3 is 5.97 Å². The van der Waals surface area contributed by atoms with Gasteiger partial charge in [-0.05, 0) is 36.9 Å². The first-order valence-corrected chi connectivity index (χ1v) is 7.40. The third kappa shape index (κ3) is 3.17. The van der Waals surface area contributed by atoms with Crippen molar-refractivity contribution in [2.45, 2.75) is 19.8 Å². The van der Waals surface area contributed by atoms with Crippen LogP contribution in [0, 0.1) is 0 Å². The van der Waals surface area contributed by atoms with Crippen LogP contribution in [0.25, 0.3) is 0 Å². The highest BCUT2D eigenvalue weighted by atomic mass is 32.1. The lowest BCUT2D eigenvalue weighted by Crippen LogP contribution is -2.10. The Labute approximate surface area is 122 Å². The highest BCUT2D eigenvalue weighted by Gasteiger charge is 2.16. The fourth-order valence-electron chi connectivity index (χ4n) is 2.03. The summed E-state index contributed by atoms with van der Waals surface area (Å²) in [5.74, 6) is -0.190. The summed E-state index contributed by atoms with van der Waals surface area (Å²) in [5, 5.41) is 1.89. The molecule has 0 spiro atoms. The van der Waals surface area contributed by atoms with E-state index in [4.69, 9.17) is 4.74 Å². The van der Waals surface area contributed by atoms with Crippen molar-refractivity contribution in [1.29, 1.82) is 0 Å². The van der Waals surface area contributed by atoms with Crippen LogP contribution in [-0.4, -0.2) is 22.9 Å². The van der Waals surface area contributed by atoms with Gasteiger partial charge in [0.2, 0.25) is 5.78 Å². The second-order valence-electron chi connectivity index (χ2n) is 4.38. The number of thiophene rings is 1. The normalized spacial score (nSPS) is 10.5. The quantitative estimate of drug-likeness (QED) is 0.607. The number of aryl methyl sites for hydroxylation is 1. The number of rotatable bonds is 6. The third-order valence-corrected chi connectivity index (χ3v) is 3.96. The minimum atomic E-state index is -0.208. The van der Waals surface area contributed by atoms with E-state index in [1.165, 1.54) is 11.3 Å². The van der Waals surface area contributed by atoms with Crippen molar-refractivity contribution in [3.63, 3.8) is 0 Å². The van der Waals surface area contributed by atoms with Crippen LogP contribution < -0.4 is 0 Å². The molecule has 0 radical (unpaired) electrons. The first kappa shape index (κ1) is 14.5. The summed E-state index contributed by atoms with van der Waals surface area (Å²) in [7, 11) is 1.85. The number of aromatic nitrogens is 1. The molecule has 20 heavy (non-hydrogen) atoms. The van der Waals surface area contributed by atoms with Gasteiger partial charge in [-0.3, -0.25) is 9.59 Å². The SMILES string of the molecule is CCOC(=O)CCc1ccc(C(=O)c2cccs2)n1C. The molecule has 0 fully saturated rings. The Bertz CT molecular complexity index is 599. The molecule has 0 amide bonds. The van der Waals surface area contributed by atoms with Gasteiger partial charge in [0.1, 0.15) is 0 Å². The van der Waals surface area contributed by atoms with Crippen LogP contribution in [0.2, 0.25) is 0 Å². The van der Waals surface area contributed by atoms with Crippen LogP contribution in [0.4, 0.5) is 0 Å². The smallest absolute Gasteiger partial charge is 0.306 e. The molecular weight excluding hydrogens is 274 g/mol. The summed E-state index contributed by atoms with van der Waals surface area (Å²) in [6.07, 6.45) is 0.908. The van der Waals surface area contributed by atoms with Crippen LogP contribution in [0.5, 0.6) is 0 Å². The lowest BCUT2D eigenvalue weighted by molar-refractivity contribution is -0.143. The molecule has 4 nitrogen and oxygen atoms in total. The maximum absolute atomic E-state index is 12.3. The van der Waals surface area contributed by atoms with Crippen LogP contribution in [-0.2, 0) is 23.0 Å². The largest absolute Gasteiger partial charge is 0.466 e. The van der Waals surface area contributed by atoms with Crippen molar-refractivity contribution in [1.82, 2.24) is 4.57 Å². The number of hydrogen-bond acceptors (Lipinski definition) is 4. The highest BCUT2D eigenvalue weighted by Crippen LogP contribution is 2.17. The minimum Gasteiger partial charge on any atom is -0.466 e. The molecule has 5 heteroatoms. The molecule has 0 aliphatic heterocycles. The number of carbonyl (C=O) groups excluding carboxylic acids is 2. The monoisotopic (exact) mass is 291 g/mol. The summed E-state index contributed by atoms with van der Waals surface area (Å²) in [4.78, 5) is 24.4. The van der Waals surface area contributed by atoms with Crippen LogP contribution >= 0.6 is 11.3 Å². The maximum atomic E-state index is 12.3. The number of ketones is 1. The van der Waals surface area contributed by atoms with Crippen molar-refractivity contribution >= 4 is 23.1 Å². The number of nitrogens with zero attached hydrogens (tertiary/aromatic N) is 1. The summed E-state index contributed by atoms with van der Waals surface area (Å²) in [6.45, 7) is 2.19. The molecule has 0 atom stereocenters. The Hall–Kier alpha value is -1.88. The summed E-state index contributed by atoms with van der Waals surface area (Å²) in [6, 6.07) is 7.38. The van der Waals surface area contributed by atoms with E-state index in [2.05, 4.69) is 0 Å². The van der Waals surface area contributed by atoms with Gasteiger partial charge in [0.05, 0.1) is 23.6 Å². The zero-order valence-electron chi connectivity index (χ0n) is 11.6. The van der Waals surface area contributed by atoms with Crippen LogP contribution in [0.15, 0.2) is 29.6 Å². The summed E-state index contributed by atoms with van der Waals surface area (Å²) < 4.78 is 6.75. The molecular formula is C15H17NO3S. The van der Waals surface area contributed by atoms with Gasteiger partial charge in [-0.1, -0.05) is 6.07 Å². The molecule has 0 unspecified atom stereocenters. The Kier molecular flexibility index (Phi) is 4.74. The lowest BCUT2D eigenvalue weighted by Gasteiger charge is -2.06. The second-order valence-corrected chi connectivity index (χ2v) is 5.33. The molecule has 0 aromatic carbocycles. The number of ether oxygens (including phenoxy) is 1. The van der Waals surface area contributed by atoms with Crippen molar-refractivity contribution in [3.8, 4) is 0 Å². The van der Waals surface area contributed by atoms with E-state index in [0.29, 0.717) is 25.1 Å². The lowest BCUT2D eigenvalue weighted by atomic mass is 10.2. The second kappa shape index (κ2) is 6.52. The van der Waals surface area contributed by atoms with Gasteiger partial charge in [0.15, 0.2) is 0 Å². The van der Waals surface area contributed by atoms with E-state index in [9.17, 15) is 9.59 Å². The van der Waals surface area contributed by atoms with E-state index in [1.807, 2.05) is 41.3 Å². The molecule has 2 rings (SSSR count). The molecule has 0 aliphatic carbocycles. The molecule has 0 N–H and O–H groups in total. The molecule has 2 heterocycles. The number of carbonyl (C=O) groups is 2. The van der Waals surface area contributed by atoms with Crippen molar-refractivity contribution in [3.05, 3.63) is 45.9 Å². The Morgan fingerprint density at radius 2 is 2.10 bits per heavy atom. The van der Waals surface area contributed by atoms with Crippen LogP contribution in [0.3, 0.4) is 0 Å². The van der Waals surface area contributed by atoms with E-state index in [0.717, 1.165) is 10.6 Å². The van der Waals surface area contributed by atoms with E-state index in [1.54, 1.807) is 6.92 Å². The third-order valence-electron chi connectivity index (χ3n) is 3.09. The predicted molar refractivity (Wildman–Crippen MR) is 78.1 cm³/mol. The Morgan fingerprint density at radius 3 is 2.75 bits per heavy atom. The molecule has 0 saturated carbocycles. The average molecular weight is 291 g/mol. The topological polar surface area (TPSA) is 48.3 Å². The zero-order chi connectivity index (χ0) is 14.5. The highest BCUT2D eigenvalue weighted by molar-refractivity contribution is 7.12. The van der Waals surface area contributed by atoms with Gasteiger partial charge in [-0.15, -0.1) is 11.3 Å².